The van der Waals surface area contributed by atoms with E-state index in [1.54, 1.807) is 11.8 Å². The minimum Gasteiger partial charge on any atom is -0.342 e. The lowest BCUT2D eigenvalue weighted by Crippen LogP contribution is -2.34. The Balaban J connectivity index is 1.92. The molecule has 3 nitrogen and oxygen atoms in total. The van der Waals surface area contributed by atoms with E-state index in [9.17, 15) is 4.79 Å². The number of nitrogens with zero attached hydrogens (tertiary/aromatic N) is 1. The van der Waals surface area contributed by atoms with E-state index in [1.807, 2.05) is 11.8 Å². The fourth-order valence-electron chi connectivity index (χ4n) is 2.50. The molecule has 0 spiro atoms. The van der Waals surface area contributed by atoms with Gasteiger partial charge in [0.05, 0.1) is 5.25 Å². The summed E-state index contributed by atoms with van der Waals surface area (Å²) in [6.45, 7) is 9.06. The third-order valence-electron chi connectivity index (χ3n) is 3.69. The molecule has 21 heavy (non-hydrogen) atoms. The molecule has 1 aliphatic heterocycles. The van der Waals surface area contributed by atoms with Crippen molar-refractivity contribution in [2.24, 2.45) is 0 Å². The van der Waals surface area contributed by atoms with Crippen molar-refractivity contribution in [3.05, 3.63) is 29.8 Å². The van der Waals surface area contributed by atoms with Gasteiger partial charge in [-0.3, -0.25) is 4.79 Å². The van der Waals surface area contributed by atoms with Gasteiger partial charge in [0.15, 0.2) is 0 Å². The smallest absolute Gasteiger partial charge is 0.235 e. The topological polar surface area (TPSA) is 32.3 Å². The second kappa shape index (κ2) is 7.85. The van der Waals surface area contributed by atoms with Gasteiger partial charge in [-0.05, 0) is 37.5 Å². The predicted molar refractivity (Wildman–Crippen MR) is 89.6 cm³/mol. The van der Waals surface area contributed by atoms with Crippen LogP contribution in [0.4, 0.5) is 0 Å². The molecule has 0 saturated carbocycles. The van der Waals surface area contributed by atoms with Crippen molar-refractivity contribution in [1.29, 1.82) is 0 Å². The first-order valence-electron chi connectivity index (χ1n) is 7.84. The Morgan fingerprint density at radius 1 is 1.29 bits per heavy atom. The maximum atomic E-state index is 12.3. The van der Waals surface area contributed by atoms with Gasteiger partial charge in [-0.25, -0.2) is 0 Å². The van der Waals surface area contributed by atoms with Gasteiger partial charge < -0.3 is 10.2 Å². The monoisotopic (exact) mass is 306 g/mol. The summed E-state index contributed by atoms with van der Waals surface area (Å²) in [5.41, 5.74) is 1.27. The minimum absolute atomic E-state index is 0.00333. The number of likely N-dealkylation sites (tertiary alicyclic amines) is 1. The summed E-state index contributed by atoms with van der Waals surface area (Å²) in [5, 5.41) is 3.42. The average Bonchev–Trinajstić information content (AvgIpc) is 2.98. The molecule has 1 amide bonds. The van der Waals surface area contributed by atoms with Crippen LogP contribution in [0.15, 0.2) is 29.2 Å². The van der Waals surface area contributed by atoms with E-state index >= 15 is 0 Å². The Hall–Kier alpha value is -1.00. The van der Waals surface area contributed by atoms with E-state index in [4.69, 9.17) is 0 Å². The standard InChI is InChI=1S/C17H26N2OS/c1-13(2)18-12-15-7-6-8-16(11-15)21-14(3)17(20)19-9-4-5-10-19/h6-8,11,13-14,18H,4-5,9-10,12H2,1-3H3. The number of carbonyl (C=O) groups excluding carboxylic acids is 1. The van der Waals surface area contributed by atoms with Crippen molar-refractivity contribution < 1.29 is 4.79 Å². The fourth-order valence-corrected chi connectivity index (χ4v) is 3.53. The summed E-state index contributed by atoms with van der Waals surface area (Å²) < 4.78 is 0. The van der Waals surface area contributed by atoms with Crippen molar-refractivity contribution in [3.63, 3.8) is 0 Å². The molecule has 116 valence electrons. The third kappa shape index (κ3) is 5.04. The fraction of sp³-hybridized carbons (Fsp3) is 0.588. The normalized spacial score (nSPS) is 16.5. The van der Waals surface area contributed by atoms with Gasteiger partial charge in [0, 0.05) is 30.6 Å². The summed E-state index contributed by atoms with van der Waals surface area (Å²) in [6.07, 6.45) is 2.30. The Bertz CT molecular complexity index is 470. The third-order valence-corrected chi connectivity index (χ3v) is 4.77. The van der Waals surface area contributed by atoms with Crippen LogP contribution in [0.3, 0.4) is 0 Å². The molecule has 1 aliphatic rings. The number of rotatable bonds is 6. The Morgan fingerprint density at radius 2 is 2.00 bits per heavy atom. The van der Waals surface area contributed by atoms with Crippen LogP contribution in [0.2, 0.25) is 0 Å². The number of hydrogen-bond acceptors (Lipinski definition) is 3. The molecular weight excluding hydrogens is 280 g/mol. The quantitative estimate of drug-likeness (QED) is 0.819. The molecular formula is C17H26N2OS. The van der Waals surface area contributed by atoms with Crippen LogP contribution in [-0.4, -0.2) is 35.2 Å². The lowest BCUT2D eigenvalue weighted by molar-refractivity contribution is -0.129. The van der Waals surface area contributed by atoms with Crippen LogP contribution in [0.5, 0.6) is 0 Å². The van der Waals surface area contributed by atoms with Crippen LogP contribution >= 0.6 is 11.8 Å². The molecule has 2 rings (SSSR count). The van der Waals surface area contributed by atoms with E-state index < -0.39 is 0 Å². The zero-order chi connectivity index (χ0) is 15.2. The summed E-state index contributed by atoms with van der Waals surface area (Å²) in [7, 11) is 0. The number of hydrogen-bond donors (Lipinski definition) is 1. The van der Waals surface area contributed by atoms with Crippen molar-refractivity contribution in [3.8, 4) is 0 Å². The van der Waals surface area contributed by atoms with Gasteiger partial charge in [-0.15, -0.1) is 11.8 Å². The molecule has 0 radical (unpaired) electrons. The van der Waals surface area contributed by atoms with Crippen molar-refractivity contribution in [2.45, 2.75) is 56.3 Å². The lowest BCUT2D eigenvalue weighted by atomic mass is 10.2. The van der Waals surface area contributed by atoms with Crippen LogP contribution in [-0.2, 0) is 11.3 Å². The van der Waals surface area contributed by atoms with E-state index in [1.165, 1.54) is 10.5 Å². The maximum absolute atomic E-state index is 12.3. The lowest BCUT2D eigenvalue weighted by Gasteiger charge is -2.20. The second-order valence-electron chi connectivity index (χ2n) is 5.98. The Labute approximate surface area is 132 Å². The molecule has 1 aromatic carbocycles. The highest BCUT2D eigenvalue weighted by atomic mass is 32.2. The van der Waals surface area contributed by atoms with Crippen LogP contribution in [0, 0.1) is 0 Å². The van der Waals surface area contributed by atoms with Gasteiger partial charge >= 0.3 is 0 Å². The van der Waals surface area contributed by atoms with Gasteiger partial charge in [-0.1, -0.05) is 26.0 Å². The molecule has 0 bridgehead atoms. The van der Waals surface area contributed by atoms with Crippen LogP contribution < -0.4 is 5.32 Å². The molecule has 1 heterocycles. The zero-order valence-electron chi connectivity index (χ0n) is 13.3. The van der Waals surface area contributed by atoms with Gasteiger partial charge in [0.1, 0.15) is 0 Å². The van der Waals surface area contributed by atoms with Gasteiger partial charge in [0.2, 0.25) is 5.91 Å². The van der Waals surface area contributed by atoms with E-state index in [0.717, 1.165) is 32.5 Å². The summed E-state index contributed by atoms with van der Waals surface area (Å²) in [6, 6.07) is 8.97. The number of nitrogens with one attached hydrogen (secondary N) is 1. The summed E-state index contributed by atoms with van der Waals surface area (Å²) in [4.78, 5) is 15.5. The first-order chi connectivity index (χ1) is 10.1. The summed E-state index contributed by atoms with van der Waals surface area (Å²) >= 11 is 1.67. The molecule has 1 aromatic rings. The molecule has 1 atom stereocenters. The number of carbonyl (C=O) groups is 1. The van der Waals surface area contributed by atoms with Gasteiger partial charge in [0.25, 0.3) is 0 Å². The van der Waals surface area contributed by atoms with Gasteiger partial charge in [-0.2, -0.15) is 0 Å². The molecule has 1 fully saturated rings. The van der Waals surface area contributed by atoms with Crippen LogP contribution in [0.1, 0.15) is 39.2 Å². The van der Waals surface area contributed by atoms with Crippen LogP contribution in [0.25, 0.3) is 0 Å². The largest absolute Gasteiger partial charge is 0.342 e. The summed E-state index contributed by atoms with van der Waals surface area (Å²) in [5.74, 6) is 0.281. The highest BCUT2D eigenvalue weighted by molar-refractivity contribution is 8.00. The van der Waals surface area contributed by atoms with Crippen molar-refractivity contribution in [1.82, 2.24) is 10.2 Å². The SMILES string of the molecule is CC(C)NCc1cccc(SC(C)C(=O)N2CCCC2)c1. The molecule has 1 saturated heterocycles. The van der Waals surface area contributed by atoms with Crippen molar-refractivity contribution in [2.75, 3.05) is 13.1 Å². The minimum atomic E-state index is -0.00333. The Kier molecular flexibility index (Phi) is 6.12. The van der Waals surface area contributed by atoms with E-state index in [2.05, 4.69) is 43.4 Å². The van der Waals surface area contributed by atoms with E-state index in [0.29, 0.717) is 6.04 Å². The van der Waals surface area contributed by atoms with Crippen molar-refractivity contribution >= 4 is 17.7 Å². The highest BCUT2D eigenvalue weighted by Crippen LogP contribution is 2.26. The second-order valence-corrected chi connectivity index (χ2v) is 7.39. The average molecular weight is 306 g/mol. The molecule has 1 unspecified atom stereocenters. The number of benzene rings is 1. The number of thioether (sulfide) groups is 1. The molecule has 1 N–H and O–H groups in total. The highest BCUT2D eigenvalue weighted by Gasteiger charge is 2.23. The predicted octanol–water partition coefficient (Wildman–Crippen LogP) is 3.29. The number of amides is 1. The first kappa shape index (κ1) is 16.4. The molecule has 4 heteroatoms. The molecule has 0 aliphatic carbocycles. The Morgan fingerprint density at radius 3 is 2.67 bits per heavy atom. The molecule has 0 aromatic heterocycles. The zero-order valence-corrected chi connectivity index (χ0v) is 14.1. The maximum Gasteiger partial charge on any atom is 0.235 e. The van der Waals surface area contributed by atoms with E-state index in [-0.39, 0.29) is 11.2 Å². The first-order valence-corrected chi connectivity index (χ1v) is 8.72.